The number of aromatic amines is 2. The summed E-state index contributed by atoms with van der Waals surface area (Å²) >= 11 is 6.19. The van der Waals surface area contributed by atoms with Crippen molar-refractivity contribution < 1.29 is 9.84 Å². The lowest BCUT2D eigenvalue weighted by Crippen LogP contribution is -2.39. The molecule has 164 valence electrons. The maximum absolute atomic E-state index is 12.8. The molecule has 0 spiro atoms. The zero-order valence-electron chi connectivity index (χ0n) is 17.2. The maximum Gasteiger partial charge on any atom is 0.331 e. The average Bonchev–Trinajstić information content (AvgIpc) is 3.15. The molecule has 0 saturated heterocycles. The molecule has 0 bridgehead atoms. The lowest BCUT2D eigenvalue weighted by Gasteiger charge is -2.25. The van der Waals surface area contributed by atoms with Crippen molar-refractivity contribution in [2.24, 2.45) is 0 Å². The van der Waals surface area contributed by atoms with Crippen molar-refractivity contribution in [1.82, 2.24) is 19.9 Å². The summed E-state index contributed by atoms with van der Waals surface area (Å²) in [6, 6.07) is 12.1. The Kier molecular flexibility index (Phi) is 5.03. The van der Waals surface area contributed by atoms with Gasteiger partial charge in [-0.3, -0.25) is 14.3 Å². The molecule has 2 aromatic carbocycles. The smallest absolute Gasteiger partial charge is 0.331 e. The summed E-state index contributed by atoms with van der Waals surface area (Å²) in [6.45, 7) is 0.702. The van der Waals surface area contributed by atoms with Gasteiger partial charge in [0, 0.05) is 28.2 Å². The summed E-state index contributed by atoms with van der Waals surface area (Å²) in [6.07, 6.45) is 0.746. The molecule has 8 nitrogen and oxygen atoms in total. The standard InChI is InChI=1S/C23H21ClN4O4/c1-32-14-5-2-12(3-6-14)11-28-22(30)18(21(29)27-23(28)31)20-19-15(8-9-25-20)16-10-13(24)4-7-17(16)26-19/h2-7,10,20,25-26,30H,8-9,11H2,1H3,(H,27,29,31). The molecule has 1 atom stereocenters. The Morgan fingerprint density at radius 1 is 1.16 bits per heavy atom. The van der Waals surface area contributed by atoms with E-state index in [0.717, 1.165) is 38.7 Å². The van der Waals surface area contributed by atoms with Crippen LogP contribution in [0.25, 0.3) is 10.9 Å². The zero-order chi connectivity index (χ0) is 22.4. The summed E-state index contributed by atoms with van der Waals surface area (Å²) < 4.78 is 6.32. The van der Waals surface area contributed by atoms with Crippen molar-refractivity contribution in [3.63, 3.8) is 0 Å². The van der Waals surface area contributed by atoms with Crippen LogP contribution in [0, 0.1) is 0 Å². The van der Waals surface area contributed by atoms with Gasteiger partial charge in [0.2, 0.25) is 5.88 Å². The van der Waals surface area contributed by atoms with E-state index in [9.17, 15) is 14.7 Å². The fraction of sp³-hybridized carbons (Fsp3) is 0.217. The van der Waals surface area contributed by atoms with Crippen LogP contribution in [0.1, 0.15) is 28.4 Å². The Balaban J connectivity index is 1.62. The maximum atomic E-state index is 12.8. The topological polar surface area (TPSA) is 112 Å². The van der Waals surface area contributed by atoms with E-state index in [1.54, 1.807) is 37.4 Å². The molecule has 4 aromatic rings. The number of hydrogen-bond acceptors (Lipinski definition) is 5. The number of nitrogens with zero attached hydrogens (tertiary/aromatic N) is 1. The molecule has 0 saturated carbocycles. The van der Waals surface area contributed by atoms with Crippen LogP contribution in [0.5, 0.6) is 11.6 Å². The molecule has 0 aliphatic carbocycles. The molecule has 4 N–H and O–H groups in total. The molecule has 1 aliphatic rings. The van der Waals surface area contributed by atoms with Crippen molar-refractivity contribution in [1.29, 1.82) is 0 Å². The van der Waals surface area contributed by atoms with Gasteiger partial charge in [0.05, 0.1) is 19.7 Å². The predicted octanol–water partition coefficient (Wildman–Crippen LogP) is 2.67. The highest BCUT2D eigenvalue weighted by molar-refractivity contribution is 6.31. The number of fused-ring (bicyclic) bond motifs is 3. The number of H-pyrrole nitrogens is 2. The van der Waals surface area contributed by atoms with E-state index in [1.165, 1.54) is 0 Å². The molecule has 0 fully saturated rings. The molecule has 0 amide bonds. The number of rotatable bonds is 4. The third-order valence-corrected chi connectivity index (χ3v) is 6.14. The summed E-state index contributed by atoms with van der Waals surface area (Å²) in [7, 11) is 1.57. The van der Waals surface area contributed by atoms with Crippen molar-refractivity contribution >= 4 is 22.5 Å². The number of methoxy groups -OCH3 is 1. The highest BCUT2D eigenvalue weighted by Gasteiger charge is 2.31. The van der Waals surface area contributed by atoms with Crippen LogP contribution in [0.15, 0.2) is 52.1 Å². The Labute approximate surface area is 187 Å². The molecule has 1 aliphatic heterocycles. The molecule has 0 radical (unpaired) electrons. The Bertz CT molecular complexity index is 1440. The van der Waals surface area contributed by atoms with Crippen LogP contribution in [-0.4, -0.2) is 33.3 Å². The summed E-state index contributed by atoms with van der Waals surface area (Å²) in [4.78, 5) is 31.0. The Hall–Kier alpha value is -3.49. The molecular weight excluding hydrogens is 432 g/mol. The molecule has 2 aromatic heterocycles. The first-order valence-corrected chi connectivity index (χ1v) is 10.6. The number of aromatic nitrogens is 3. The van der Waals surface area contributed by atoms with E-state index in [2.05, 4.69) is 15.3 Å². The van der Waals surface area contributed by atoms with Crippen molar-refractivity contribution in [2.45, 2.75) is 19.0 Å². The largest absolute Gasteiger partial charge is 0.497 e. The van der Waals surface area contributed by atoms with E-state index >= 15 is 0 Å². The van der Waals surface area contributed by atoms with Crippen LogP contribution in [-0.2, 0) is 13.0 Å². The van der Waals surface area contributed by atoms with Gasteiger partial charge < -0.3 is 20.1 Å². The van der Waals surface area contributed by atoms with E-state index in [4.69, 9.17) is 16.3 Å². The van der Waals surface area contributed by atoms with Gasteiger partial charge in [0.15, 0.2) is 0 Å². The SMILES string of the molecule is COc1ccc(Cn2c(O)c(C3NCCc4c3[nH]c3ccc(Cl)cc43)c(=O)[nH]c2=O)cc1. The summed E-state index contributed by atoms with van der Waals surface area (Å²) in [5.74, 6) is 0.321. The third-order valence-electron chi connectivity index (χ3n) is 5.91. The van der Waals surface area contributed by atoms with Crippen LogP contribution in [0.3, 0.4) is 0 Å². The van der Waals surface area contributed by atoms with Gasteiger partial charge in [0.1, 0.15) is 11.3 Å². The van der Waals surface area contributed by atoms with Gasteiger partial charge in [-0.2, -0.15) is 0 Å². The third kappa shape index (κ3) is 3.37. The second-order valence-electron chi connectivity index (χ2n) is 7.78. The van der Waals surface area contributed by atoms with Gasteiger partial charge in [-0.15, -0.1) is 0 Å². The quantitative estimate of drug-likeness (QED) is 0.380. The zero-order valence-corrected chi connectivity index (χ0v) is 18.0. The van der Waals surface area contributed by atoms with Crippen LogP contribution in [0.2, 0.25) is 5.02 Å². The van der Waals surface area contributed by atoms with Crippen molar-refractivity contribution in [2.75, 3.05) is 13.7 Å². The summed E-state index contributed by atoms with van der Waals surface area (Å²) in [5.41, 5.74) is 2.29. The molecule has 1 unspecified atom stereocenters. The number of nitrogens with one attached hydrogen (secondary N) is 3. The minimum Gasteiger partial charge on any atom is -0.497 e. The fourth-order valence-electron chi connectivity index (χ4n) is 4.34. The van der Waals surface area contributed by atoms with Gasteiger partial charge in [-0.1, -0.05) is 23.7 Å². The molecule has 5 rings (SSSR count). The normalized spacial score (nSPS) is 15.6. The second-order valence-corrected chi connectivity index (χ2v) is 8.21. The lowest BCUT2D eigenvalue weighted by atomic mass is 9.95. The minimum atomic E-state index is -0.675. The second kappa shape index (κ2) is 7.89. The van der Waals surface area contributed by atoms with Crippen LogP contribution < -0.4 is 21.3 Å². The van der Waals surface area contributed by atoms with Crippen LogP contribution >= 0.6 is 11.6 Å². The first-order chi connectivity index (χ1) is 15.5. The van der Waals surface area contributed by atoms with E-state index in [1.807, 2.05) is 12.1 Å². The van der Waals surface area contributed by atoms with Crippen LogP contribution in [0.4, 0.5) is 0 Å². The lowest BCUT2D eigenvalue weighted by molar-refractivity contribution is 0.390. The number of benzene rings is 2. The number of hydrogen-bond donors (Lipinski definition) is 4. The van der Waals surface area contributed by atoms with Gasteiger partial charge in [-0.05, 0) is 47.9 Å². The number of ether oxygens (including phenoxy) is 1. The van der Waals surface area contributed by atoms with Crippen molar-refractivity contribution in [3.05, 3.63) is 90.7 Å². The van der Waals surface area contributed by atoms with Gasteiger partial charge >= 0.3 is 5.69 Å². The first-order valence-electron chi connectivity index (χ1n) is 10.2. The molecule has 9 heteroatoms. The fourth-order valence-corrected chi connectivity index (χ4v) is 4.51. The summed E-state index contributed by atoms with van der Waals surface area (Å²) in [5, 5.41) is 16.0. The Morgan fingerprint density at radius 2 is 1.94 bits per heavy atom. The van der Waals surface area contributed by atoms with Crippen molar-refractivity contribution in [3.8, 4) is 11.6 Å². The number of aromatic hydroxyl groups is 1. The average molecular weight is 453 g/mol. The van der Waals surface area contributed by atoms with E-state index in [0.29, 0.717) is 17.3 Å². The van der Waals surface area contributed by atoms with Gasteiger partial charge in [0.25, 0.3) is 5.56 Å². The first kappa shape index (κ1) is 20.4. The monoisotopic (exact) mass is 452 g/mol. The predicted molar refractivity (Wildman–Crippen MR) is 122 cm³/mol. The highest BCUT2D eigenvalue weighted by Crippen LogP contribution is 2.35. The molecule has 32 heavy (non-hydrogen) atoms. The Morgan fingerprint density at radius 3 is 2.69 bits per heavy atom. The molecule has 3 heterocycles. The van der Waals surface area contributed by atoms with Gasteiger partial charge in [-0.25, -0.2) is 4.79 Å². The minimum absolute atomic E-state index is 0.0942. The highest BCUT2D eigenvalue weighted by atomic mass is 35.5. The molecular formula is C23H21ClN4O4. The van der Waals surface area contributed by atoms with E-state index < -0.39 is 17.3 Å². The van der Waals surface area contributed by atoms with E-state index in [-0.39, 0.29) is 18.0 Å². The number of halogens is 1.